The number of rotatable bonds is 3. The molecule has 0 saturated carbocycles. The van der Waals surface area contributed by atoms with Crippen molar-refractivity contribution in [3.8, 4) is 11.6 Å². The highest BCUT2D eigenvalue weighted by Gasteiger charge is 2.11. The second kappa shape index (κ2) is 4.81. The van der Waals surface area contributed by atoms with E-state index in [0.717, 1.165) is 4.47 Å². The molecule has 3 aromatic rings. The molecular weight excluding hydrogens is 312 g/mol. The number of fused-ring (bicyclic) bond motifs is 1. The maximum atomic E-state index is 5.72. The lowest BCUT2D eigenvalue weighted by atomic mass is 10.4. The highest BCUT2D eigenvalue weighted by molar-refractivity contribution is 9.10. The Balaban J connectivity index is 2.06. The molecule has 0 atom stereocenters. The van der Waals surface area contributed by atoms with E-state index in [1.165, 1.54) is 0 Å². The molecular formula is C11H9BrN6O. The molecule has 3 heterocycles. The smallest absolute Gasteiger partial charge is 0.250 e. The molecule has 19 heavy (non-hydrogen) atoms. The maximum Gasteiger partial charge on any atom is 0.250 e. The summed E-state index contributed by atoms with van der Waals surface area (Å²) in [6.07, 6.45) is 4.83. The van der Waals surface area contributed by atoms with Gasteiger partial charge in [-0.15, -0.1) is 0 Å². The number of hydrogen-bond acceptors (Lipinski definition) is 6. The molecule has 0 radical (unpaired) electrons. The highest BCUT2D eigenvalue weighted by atomic mass is 79.9. The van der Waals surface area contributed by atoms with E-state index in [-0.39, 0.29) is 0 Å². The van der Waals surface area contributed by atoms with E-state index in [2.05, 4.69) is 46.2 Å². The van der Waals surface area contributed by atoms with Gasteiger partial charge in [0, 0.05) is 17.7 Å². The van der Waals surface area contributed by atoms with Crippen LogP contribution in [0.4, 0.5) is 5.95 Å². The van der Waals surface area contributed by atoms with Gasteiger partial charge in [-0.05, 0) is 22.0 Å². The predicted octanol–water partition coefficient (Wildman–Crippen LogP) is 2.34. The Kier molecular flexibility index (Phi) is 3.00. The summed E-state index contributed by atoms with van der Waals surface area (Å²) in [5.41, 5.74) is 1.18. The Hall–Kier alpha value is -2.22. The van der Waals surface area contributed by atoms with Gasteiger partial charge in [0.15, 0.2) is 5.65 Å². The summed E-state index contributed by atoms with van der Waals surface area (Å²) < 4.78 is 6.55. The average Bonchev–Trinajstić information content (AvgIpc) is 2.87. The SMILES string of the molecule is CNc1nc(Oc2cncc(Br)c2)c2[nH]cnc2n1. The number of hydrogen-bond donors (Lipinski definition) is 2. The number of imidazole rings is 1. The van der Waals surface area contributed by atoms with Crippen molar-refractivity contribution in [2.45, 2.75) is 0 Å². The van der Waals surface area contributed by atoms with Gasteiger partial charge < -0.3 is 15.0 Å². The fourth-order valence-electron chi connectivity index (χ4n) is 1.55. The van der Waals surface area contributed by atoms with Crippen molar-refractivity contribution in [2.75, 3.05) is 12.4 Å². The van der Waals surface area contributed by atoms with Gasteiger partial charge in [-0.1, -0.05) is 0 Å². The lowest BCUT2D eigenvalue weighted by molar-refractivity contribution is 0.465. The maximum absolute atomic E-state index is 5.72. The second-order valence-corrected chi connectivity index (χ2v) is 4.56. The van der Waals surface area contributed by atoms with Crippen molar-refractivity contribution in [3.63, 3.8) is 0 Å². The lowest BCUT2D eigenvalue weighted by Crippen LogP contribution is -1.99. The minimum atomic E-state index is 0.395. The average molecular weight is 321 g/mol. The number of halogens is 1. The van der Waals surface area contributed by atoms with Crippen molar-refractivity contribution >= 4 is 33.0 Å². The highest BCUT2D eigenvalue weighted by Crippen LogP contribution is 2.27. The molecule has 0 aliphatic carbocycles. The minimum Gasteiger partial charge on any atom is -0.435 e. The van der Waals surface area contributed by atoms with Gasteiger partial charge >= 0.3 is 0 Å². The van der Waals surface area contributed by atoms with E-state index in [9.17, 15) is 0 Å². The molecule has 3 rings (SSSR count). The van der Waals surface area contributed by atoms with E-state index >= 15 is 0 Å². The summed E-state index contributed by atoms with van der Waals surface area (Å²) in [6, 6.07) is 1.80. The lowest BCUT2D eigenvalue weighted by Gasteiger charge is -2.06. The fraction of sp³-hybridized carbons (Fsp3) is 0.0909. The predicted molar refractivity (Wildman–Crippen MR) is 73.2 cm³/mol. The molecule has 0 aliphatic heterocycles. The standard InChI is InChI=1S/C11H9BrN6O/c1-13-11-17-9-8(15-5-16-9)10(18-11)19-7-2-6(12)3-14-4-7/h2-5H,1H3,(H2,13,15,16,17,18). The number of ether oxygens (including phenoxy) is 1. The Morgan fingerprint density at radius 1 is 1.32 bits per heavy atom. The van der Waals surface area contributed by atoms with Gasteiger partial charge in [-0.3, -0.25) is 4.98 Å². The van der Waals surface area contributed by atoms with Crippen LogP contribution in [0.5, 0.6) is 11.6 Å². The molecule has 0 unspecified atom stereocenters. The van der Waals surface area contributed by atoms with Crippen molar-refractivity contribution in [3.05, 3.63) is 29.3 Å². The first-order chi connectivity index (χ1) is 9.26. The van der Waals surface area contributed by atoms with Crippen molar-refractivity contribution in [1.82, 2.24) is 24.9 Å². The van der Waals surface area contributed by atoms with Crippen LogP contribution >= 0.6 is 15.9 Å². The first-order valence-electron chi connectivity index (χ1n) is 5.43. The van der Waals surface area contributed by atoms with E-state index in [4.69, 9.17) is 4.74 Å². The third-order valence-corrected chi connectivity index (χ3v) is 2.80. The number of aromatic amines is 1. The van der Waals surface area contributed by atoms with E-state index < -0.39 is 0 Å². The number of anilines is 1. The monoisotopic (exact) mass is 320 g/mol. The van der Waals surface area contributed by atoms with Gasteiger partial charge in [0.2, 0.25) is 5.95 Å². The summed E-state index contributed by atoms with van der Waals surface area (Å²) >= 11 is 3.34. The third kappa shape index (κ3) is 2.34. The molecule has 0 bridgehead atoms. The number of aromatic nitrogens is 5. The Labute approximate surface area is 116 Å². The van der Waals surface area contributed by atoms with Crippen LogP contribution in [-0.4, -0.2) is 32.0 Å². The Bertz CT molecular complexity index is 728. The molecule has 96 valence electrons. The van der Waals surface area contributed by atoms with Crippen LogP contribution in [0.3, 0.4) is 0 Å². The summed E-state index contributed by atoms with van der Waals surface area (Å²) in [5, 5.41) is 2.87. The van der Waals surface area contributed by atoms with Crippen molar-refractivity contribution in [2.24, 2.45) is 0 Å². The van der Waals surface area contributed by atoms with Gasteiger partial charge in [0.05, 0.1) is 12.5 Å². The van der Waals surface area contributed by atoms with Gasteiger partial charge in [0.25, 0.3) is 5.88 Å². The van der Waals surface area contributed by atoms with Crippen LogP contribution < -0.4 is 10.1 Å². The topological polar surface area (TPSA) is 88.6 Å². The molecule has 0 aliphatic rings. The van der Waals surface area contributed by atoms with Crippen LogP contribution in [0.15, 0.2) is 29.3 Å². The molecule has 0 spiro atoms. The number of nitrogens with zero attached hydrogens (tertiary/aromatic N) is 4. The van der Waals surface area contributed by atoms with Crippen LogP contribution in [0.2, 0.25) is 0 Å². The minimum absolute atomic E-state index is 0.395. The summed E-state index contributed by atoms with van der Waals surface area (Å²) in [7, 11) is 1.73. The van der Waals surface area contributed by atoms with Gasteiger partial charge in [-0.25, -0.2) is 4.98 Å². The van der Waals surface area contributed by atoms with Crippen LogP contribution in [0.1, 0.15) is 0 Å². The summed E-state index contributed by atoms with van der Waals surface area (Å²) in [5.74, 6) is 1.41. The molecule has 0 amide bonds. The van der Waals surface area contributed by atoms with E-state index in [1.807, 2.05) is 0 Å². The normalized spacial score (nSPS) is 10.6. The zero-order valence-electron chi connectivity index (χ0n) is 9.88. The van der Waals surface area contributed by atoms with Crippen molar-refractivity contribution < 1.29 is 4.74 Å². The number of H-pyrrole nitrogens is 1. The van der Waals surface area contributed by atoms with Crippen LogP contribution in [-0.2, 0) is 0 Å². The Morgan fingerprint density at radius 2 is 2.21 bits per heavy atom. The molecule has 0 saturated heterocycles. The number of pyridine rings is 1. The first-order valence-corrected chi connectivity index (χ1v) is 6.23. The van der Waals surface area contributed by atoms with Crippen LogP contribution in [0.25, 0.3) is 11.2 Å². The third-order valence-electron chi connectivity index (χ3n) is 2.37. The zero-order chi connectivity index (χ0) is 13.2. The Morgan fingerprint density at radius 3 is 3.00 bits per heavy atom. The first kappa shape index (κ1) is 11.8. The molecule has 0 aromatic carbocycles. The number of nitrogens with one attached hydrogen (secondary N) is 2. The molecule has 3 aromatic heterocycles. The molecule has 8 heteroatoms. The van der Waals surface area contributed by atoms with E-state index in [0.29, 0.717) is 28.7 Å². The van der Waals surface area contributed by atoms with Gasteiger partial charge in [-0.2, -0.15) is 9.97 Å². The molecule has 0 fully saturated rings. The quantitative estimate of drug-likeness (QED) is 0.770. The molecule has 7 nitrogen and oxygen atoms in total. The van der Waals surface area contributed by atoms with E-state index in [1.54, 1.807) is 31.8 Å². The van der Waals surface area contributed by atoms with Crippen LogP contribution in [0, 0.1) is 0 Å². The second-order valence-electron chi connectivity index (χ2n) is 3.64. The summed E-state index contributed by atoms with van der Waals surface area (Å²) in [4.78, 5) is 19.5. The summed E-state index contributed by atoms with van der Waals surface area (Å²) in [6.45, 7) is 0. The van der Waals surface area contributed by atoms with Gasteiger partial charge in [0.1, 0.15) is 11.3 Å². The fourth-order valence-corrected chi connectivity index (χ4v) is 1.90. The largest absolute Gasteiger partial charge is 0.435 e. The zero-order valence-corrected chi connectivity index (χ0v) is 11.5. The molecule has 2 N–H and O–H groups in total. The van der Waals surface area contributed by atoms with Crippen molar-refractivity contribution in [1.29, 1.82) is 0 Å².